The van der Waals surface area contributed by atoms with Gasteiger partial charge in [-0.2, -0.15) is 0 Å². The first-order valence-electron chi connectivity index (χ1n) is 14.2. The average molecular weight is 594 g/mol. The minimum absolute atomic E-state index is 0.0507. The van der Waals surface area contributed by atoms with E-state index in [2.05, 4.69) is 5.32 Å². The van der Waals surface area contributed by atoms with Gasteiger partial charge < -0.3 is 15.0 Å². The molecule has 0 saturated heterocycles. The molecule has 1 unspecified atom stereocenters. The van der Waals surface area contributed by atoms with Crippen LogP contribution in [0.4, 0.5) is 5.69 Å². The second-order valence-corrected chi connectivity index (χ2v) is 13.3. The fourth-order valence-corrected chi connectivity index (χ4v) is 5.98. The molecule has 0 bridgehead atoms. The van der Waals surface area contributed by atoms with E-state index < -0.39 is 34.1 Å². The molecule has 8 nitrogen and oxygen atoms in total. The number of anilines is 1. The van der Waals surface area contributed by atoms with Gasteiger partial charge in [0.25, 0.3) is 10.0 Å². The molecule has 42 heavy (non-hydrogen) atoms. The predicted molar refractivity (Wildman–Crippen MR) is 167 cm³/mol. The molecule has 1 N–H and O–H groups in total. The molecule has 226 valence electrons. The lowest BCUT2D eigenvalue weighted by Crippen LogP contribution is -2.55. The normalized spacial score (nSPS) is 12.4. The van der Waals surface area contributed by atoms with E-state index in [1.165, 1.54) is 17.0 Å². The summed E-state index contributed by atoms with van der Waals surface area (Å²) in [5, 5.41) is 2.99. The fraction of sp³-hybridized carbons (Fsp3) is 0.394. The number of amides is 2. The topological polar surface area (TPSA) is 96.0 Å². The molecule has 9 heteroatoms. The number of ether oxygens (including phenoxy) is 1. The van der Waals surface area contributed by atoms with Gasteiger partial charge >= 0.3 is 0 Å². The van der Waals surface area contributed by atoms with Crippen LogP contribution in [0, 0.1) is 13.8 Å². The Bertz CT molecular complexity index is 1460. The largest absolute Gasteiger partial charge is 0.492 e. The minimum Gasteiger partial charge on any atom is -0.492 e. The number of rotatable bonds is 12. The van der Waals surface area contributed by atoms with Crippen LogP contribution in [-0.4, -0.2) is 49.9 Å². The first-order chi connectivity index (χ1) is 19.8. The number of nitrogens with one attached hydrogen (secondary N) is 1. The summed E-state index contributed by atoms with van der Waals surface area (Å²) in [5.41, 5.74) is 2.54. The summed E-state index contributed by atoms with van der Waals surface area (Å²) in [6.45, 7) is 13.1. The lowest BCUT2D eigenvalue weighted by molar-refractivity contribution is -0.141. The van der Waals surface area contributed by atoms with Gasteiger partial charge in [0.05, 0.1) is 17.2 Å². The van der Waals surface area contributed by atoms with Crippen molar-refractivity contribution >= 4 is 27.5 Å². The highest BCUT2D eigenvalue weighted by Gasteiger charge is 2.35. The zero-order chi connectivity index (χ0) is 31.1. The predicted octanol–water partition coefficient (Wildman–Crippen LogP) is 5.62. The number of carbonyl (C=O) groups excluding carboxylic acids is 2. The molecule has 3 rings (SSSR count). The first kappa shape index (κ1) is 32.7. The molecule has 0 radical (unpaired) electrons. The number of benzene rings is 3. The molecule has 0 aromatic heterocycles. The Hall–Kier alpha value is -3.85. The van der Waals surface area contributed by atoms with Crippen LogP contribution in [0.25, 0.3) is 0 Å². The summed E-state index contributed by atoms with van der Waals surface area (Å²) in [6, 6.07) is 20.1. The Morgan fingerprint density at radius 3 is 2.00 bits per heavy atom. The van der Waals surface area contributed by atoms with Crippen LogP contribution < -0.4 is 14.4 Å². The summed E-state index contributed by atoms with van der Waals surface area (Å²) in [6.07, 6.45) is 0.347. The molecule has 0 spiro atoms. The standard InChI is InChI=1S/C33H43N3O5S/c1-8-28(32(38)34-33(5,6)7)35(22-26-18-14-24(3)15-19-26)31(37)23-36(29-12-10-11-13-30(29)41-9-2)42(39,40)27-20-16-25(4)17-21-27/h10-21,28H,8-9,22-23H2,1-7H3,(H,34,38). The Morgan fingerprint density at radius 1 is 0.881 bits per heavy atom. The maximum absolute atomic E-state index is 14.3. The van der Waals surface area contributed by atoms with Gasteiger partial charge in [0, 0.05) is 12.1 Å². The van der Waals surface area contributed by atoms with Gasteiger partial charge in [0.15, 0.2) is 0 Å². The SMILES string of the molecule is CCOc1ccccc1N(CC(=O)N(Cc1ccc(C)cc1)C(CC)C(=O)NC(C)(C)C)S(=O)(=O)c1ccc(C)cc1. The van der Waals surface area contributed by atoms with Crippen molar-refractivity contribution in [2.45, 2.75) is 77.9 Å². The van der Waals surface area contributed by atoms with Crippen molar-refractivity contribution in [3.05, 3.63) is 89.5 Å². The maximum atomic E-state index is 14.3. The maximum Gasteiger partial charge on any atom is 0.264 e. The quantitative estimate of drug-likeness (QED) is 0.294. The second-order valence-electron chi connectivity index (χ2n) is 11.4. The smallest absolute Gasteiger partial charge is 0.264 e. The Kier molecular flexibility index (Phi) is 10.8. The van der Waals surface area contributed by atoms with E-state index in [-0.39, 0.29) is 23.0 Å². The second kappa shape index (κ2) is 13.9. The van der Waals surface area contributed by atoms with Crippen molar-refractivity contribution in [2.75, 3.05) is 17.5 Å². The highest BCUT2D eigenvalue weighted by molar-refractivity contribution is 7.92. The summed E-state index contributed by atoms with van der Waals surface area (Å²) in [7, 11) is -4.19. The summed E-state index contributed by atoms with van der Waals surface area (Å²) in [4.78, 5) is 29.3. The fourth-order valence-electron chi connectivity index (χ4n) is 4.55. The van der Waals surface area contributed by atoms with Crippen LogP contribution in [0.3, 0.4) is 0 Å². The number of sulfonamides is 1. The molecule has 0 aliphatic rings. The Morgan fingerprint density at radius 2 is 1.45 bits per heavy atom. The highest BCUT2D eigenvalue weighted by atomic mass is 32.2. The molecule has 0 saturated carbocycles. The van der Waals surface area contributed by atoms with Crippen molar-refractivity contribution in [3.8, 4) is 5.75 Å². The van der Waals surface area contributed by atoms with Crippen LogP contribution in [0.15, 0.2) is 77.7 Å². The number of nitrogens with zero attached hydrogens (tertiary/aromatic N) is 2. The van der Waals surface area contributed by atoms with Gasteiger partial charge in [0.2, 0.25) is 11.8 Å². The van der Waals surface area contributed by atoms with Crippen LogP contribution in [-0.2, 0) is 26.2 Å². The molecule has 0 heterocycles. The summed E-state index contributed by atoms with van der Waals surface area (Å²) >= 11 is 0. The lowest BCUT2D eigenvalue weighted by atomic mass is 10.1. The molecule has 2 amide bonds. The number of hydrogen-bond donors (Lipinski definition) is 1. The highest BCUT2D eigenvalue weighted by Crippen LogP contribution is 2.33. The van der Waals surface area contributed by atoms with Crippen molar-refractivity contribution in [3.63, 3.8) is 0 Å². The zero-order valence-electron chi connectivity index (χ0n) is 25.7. The molecule has 0 aliphatic carbocycles. The van der Waals surface area contributed by atoms with Crippen LogP contribution >= 0.6 is 0 Å². The van der Waals surface area contributed by atoms with Gasteiger partial charge in [-0.05, 0) is 77.8 Å². The molecule has 1 atom stereocenters. The third-order valence-electron chi connectivity index (χ3n) is 6.68. The van der Waals surface area contributed by atoms with E-state index in [4.69, 9.17) is 4.74 Å². The van der Waals surface area contributed by atoms with E-state index in [0.29, 0.717) is 18.8 Å². The number of hydrogen-bond acceptors (Lipinski definition) is 5. The minimum atomic E-state index is -4.19. The van der Waals surface area contributed by atoms with Gasteiger partial charge in [0.1, 0.15) is 18.3 Å². The Labute approximate surface area is 250 Å². The van der Waals surface area contributed by atoms with Gasteiger partial charge in [-0.25, -0.2) is 8.42 Å². The van der Waals surface area contributed by atoms with Crippen molar-refractivity contribution in [2.24, 2.45) is 0 Å². The first-order valence-corrected chi connectivity index (χ1v) is 15.7. The average Bonchev–Trinajstić information content (AvgIpc) is 2.92. The summed E-state index contributed by atoms with van der Waals surface area (Å²) < 4.78 is 35.1. The molecular weight excluding hydrogens is 550 g/mol. The number of aryl methyl sites for hydroxylation is 2. The third-order valence-corrected chi connectivity index (χ3v) is 8.45. The molecular formula is C33H43N3O5S. The van der Waals surface area contributed by atoms with Crippen LogP contribution in [0.1, 0.15) is 57.7 Å². The van der Waals surface area contributed by atoms with E-state index in [0.717, 1.165) is 21.0 Å². The van der Waals surface area contributed by atoms with E-state index in [1.54, 1.807) is 36.4 Å². The van der Waals surface area contributed by atoms with Crippen molar-refractivity contribution in [1.29, 1.82) is 0 Å². The van der Waals surface area contributed by atoms with Crippen LogP contribution in [0.5, 0.6) is 5.75 Å². The monoisotopic (exact) mass is 593 g/mol. The van der Waals surface area contributed by atoms with E-state index in [9.17, 15) is 18.0 Å². The van der Waals surface area contributed by atoms with Crippen molar-refractivity contribution < 1.29 is 22.7 Å². The van der Waals surface area contributed by atoms with Gasteiger partial charge in [-0.15, -0.1) is 0 Å². The number of carbonyl (C=O) groups is 2. The van der Waals surface area contributed by atoms with Crippen molar-refractivity contribution in [1.82, 2.24) is 10.2 Å². The van der Waals surface area contributed by atoms with E-state index in [1.807, 2.05) is 72.7 Å². The van der Waals surface area contributed by atoms with Crippen LogP contribution in [0.2, 0.25) is 0 Å². The molecule has 0 aliphatic heterocycles. The lowest BCUT2D eigenvalue weighted by Gasteiger charge is -2.35. The van der Waals surface area contributed by atoms with Gasteiger partial charge in [-0.3, -0.25) is 13.9 Å². The Balaban J connectivity index is 2.12. The zero-order valence-corrected chi connectivity index (χ0v) is 26.5. The molecule has 3 aromatic carbocycles. The van der Waals surface area contributed by atoms with E-state index >= 15 is 0 Å². The number of para-hydroxylation sites is 2. The summed E-state index contributed by atoms with van der Waals surface area (Å²) in [5.74, 6) is -0.465. The molecule has 0 fully saturated rings. The molecule has 3 aromatic rings. The third kappa shape index (κ3) is 8.35. The van der Waals surface area contributed by atoms with Gasteiger partial charge in [-0.1, -0.05) is 66.6 Å².